The Labute approximate surface area is 147 Å². The fraction of sp³-hybridized carbons (Fsp3) is 0.263. The van der Waals surface area contributed by atoms with Crippen molar-refractivity contribution in [3.63, 3.8) is 0 Å². The molecule has 0 aromatic heterocycles. The molecule has 2 rings (SSSR count). The van der Waals surface area contributed by atoms with Gasteiger partial charge in [0.2, 0.25) is 11.5 Å². The molecule has 6 heteroatoms. The summed E-state index contributed by atoms with van der Waals surface area (Å²) < 4.78 is 26.7. The maximum absolute atomic E-state index is 9.88. The number of rotatable bonds is 7. The van der Waals surface area contributed by atoms with Crippen LogP contribution in [-0.4, -0.2) is 40.7 Å². The number of hydrogen-bond donors (Lipinski definition) is 1. The van der Waals surface area contributed by atoms with Crippen LogP contribution in [0.5, 0.6) is 34.5 Å². The van der Waals surface area contributed by atoms with Crippen molar-refractivity contribution in [2.75, 3.05) is 35.5 Å². The van der Waals surface area contributed by atoms with Crippen molar-refractivity contribution in [2.24, 2.45) is 0 Å². The molecule has 0 spiro atoms. The fourth-order valence-electron chi connectivity index (χ4n) is 2.48. The predicted molar refractivity (Wildman–Crippen MR) is 96.2 cm³/mol. The number of phenols is 1. The minimum Gasteiger partial charge on any atom is -0.504 e. The van der Waals surface area contributed by atoms with Crippen LogP contribution in [0.25, 0.3) is 12.2 Å². The average Bonchev–Trinajstić information content (AvgIpc) is 2.64. The lowest BCUT2D eigenvalue weighted by molar-refractivity contribution is 0.305. The Morgan fingerprint density at radius 2 is 1.32 bits per heavy atom. The molecule has 0 aliphatic rings. The summed E-state index contributed by atoms with van der Waals surface area (Å²) in [6.07, 6.45) is 3.67. The van der Waals surface area contributed by atoms with E-state index in [4.69, 9.17) is 23.7 Å². The SMILES string of the molecule is COc1ccc(/C=C/c2cc(OC)c(OC)c(OC)c2OC)cc1O. The standard InChI is InChI=1S/C19H22O6/c1-21-15-9-7-12(10-14(15)20)6-8-13-11-16(22-2)18(24-4)19(25-5)17(13)23-3/h6-11,20H,1-5H3/b8-6+. The molecule has 0 saturated heterocycles. The molecular weight excluding hydrogens is 324 g/mol. The first-order chi connectivity index (χ1) is 12.1. The van der Waals surface area contributed by atoms with Gasteiger partial charge in [-0.25, -0.2) is 0 Å². The molecule has 2 aromatic carbocycles. The summed E-state index contributed by atoms with van der Waals surface area (Å²) in [7, 11) is 7.69. The second kappa shape index (κ2) is 8.19. The number of aromatic hydroxyl groups is 1. The van der Waals surface area contributed by atoms with E-state index in [-0.39, 0.29) is 5.75 Å². The lowest BCUT2D eigenvalue weighted by Crippen LogP contribution is -1.99. The lowest BCUT2D eigenvalue weighted by atomic mass is 10.1. The fourth-order valence-corrected chi connectivity index (χ4v) is 2.48. The van der Waals surface area contributed by atoms with Crippen molar-refractivity contribution in [1.29, 1.82) is 0 Å². The van der Waals surface area contributed by atoms with Crippen LogP contribution >= 0.6 is 0 Å². The summed E-state index contributed by atoms with van der Waals surface area (Å²) in [6.45, 7) is 0. The summed E-state index contributed by atoms with van der Waals surface area (Å²) in [5.41, 5.74) is 1.54. The Kier molecular flexibility index (Phi) is 6.00. The maximum Gasteiger partial charge on any atom is 0.207 e. The smallest absolute Gasteiger partial charge is 0.207 e. The Morgan fingerprint density at radius 1 is 0.680 bits per heavy atom. The zero-order chi connectivity index (χ0) is 18.4. The van der Waals surface area contributed by atoms with Gasteiger partial charge in [-0.15, -0.1) is 0 Å². The van der Waals surface area contributed by atoms with Crippen LogP contribution in [0, 0.1) is 0 Å². The third kappa shape index (κ3) is 3.74. The summed E-state index contributed by atoms with van der Waals surface area (Å²) in [6, 6.07) is 6.93. The van der Waals surface area contributed by atoms with Gasteiger partial charge in [0.1, 0.15) is 0 Å². The average molecular weight is 346 g/mol. The zero-order valence-electron chi connectivity index (χ0n) is 15.0. The van der Waals surface area contributed by atoms with E-state index in [1.54, 1.807) is 32.4 Å². The second-order valence-corrected chi connectivity index (χ2v) is 5.03. The molecule has 2 aromatic rings. The van der Waals surface area contributed by atoms with Gasteiger partial charge < -0.3 is 28.8 Å². The molecule has 6 nitrogen and oxygen atoms in total. The Hall–Kier alpha value is -3.02. The second-order valence-electron chi connectivity index (χ2n) is 5.03. The van der Waals surface area contributed by atoms with Gasteiger partial charge in [-0.1, -0.05) is 18.2 Å². The molecule has 0 heterocycles. The van der Waals surface area contributed by atoms with Crippen LogP contribution in [0.3, 0.4) is 0 Å². The number of benzene rings is 2. The third-order valence-corrected chi connectivity index (χ3v) is 3.68. The van der Waals surface area contributed by atoms with Crippen LogP contribution < -0.4 is 23.7 Å². The van der Waals surface area contributed by atoms with E-state index in [0.717, 1.165) is 11.1 Å². The summed E-state index contributed by atoms with van der Waals surface area (Å²) in [5.74, 6) is 2.44. The topological polar surface area (TPSA) is 66.4 Å². The molecule has 0 aliphatic heterocycles. The highest BCUT2D eigenvalue weighted by atomic mass is 16.5. The quantitative estimate of drug-likeness (QED) is 0.773. The van der Waals surface area contributed by atoms with Crippen molar-refractivity contribution in [3.8, 4) is 34.5 Å². The van der Waals surface area contributed by atoms with Crippen molar-refractivity contribution >= 4 is 12.2 Å². The minimum absolute atomic E-state index is 0.0708. The van der Waals surface area contributed by atoms with E-state index < -0.39 is 0 Å². The van der Waals surface area contributed by atoms with E-state index in [2.05, 4.69) is 0 Å². The lowest BCUT2D eigenvalue weighted by Gasteiger charge is -2.17. The maximum atomic E-state index is 9.88. The van der Waals surface area contributed by atoms with Crippen molar-refractivity contribution < 1.29 is 28.8 Å². The van der Waals surface area contributed by atoms with Gasteiger partial charge in [0.25, 0.3) is 0 Å². The predicted octanol–water partition coefficient (Wildman–Crippen LogP) is 3.61. The van der Waals surface area contributed by atoms with Gasteiger partial charge in [-0.05, 0) is 23.8 Å². The van der Waals surface area contributed by atoms with Gasteiger partial charge in [-0.2, -0.15) is 0 Å². The first kappa shape index (κ1) is 18.3. The van der Waals surface area contributed by atoms with E-state index in [9.17, 15) is 5.11 Å². The molecule has 0 aliphatic carbocycles. The summed E-state index contributed by atoms with van der Waals surface area (Å²) in [5, 5.41) is 9.88. The Balaban J connectivity index is 2.49. The molecule has 134 valence electrons. The highest BCUT2D eigenvalue weighted by Crippen LogP contribution is 2.47. The first-order valence-corrected chi connectivity index (χ1v) is 7.51. The minimum atomic E-state index is 0.0708. The molecule has 0 bridgehead atoms. The normalized spacial score (nSPS) is 10.6. The van der Waals surface area contributed by atoms with Gasteiger partial charge in [0.05, 0.1) is 35.5 Å². The molecule has 1 N–H and O–H groups in total. The highest BCUT2D eigenvalue weighted by molar-refractivity contribution is 5.78. The number of phenolic OH excluding ortho intramolecular Hbond substituents is 1. The molecule has 0 unspecified atom stereocenters. The van der Waals surface area contributed by atoms with Crippen LogP contribution in [0.1, 0.15) is 11.1 Å². The molecule has 0 saturated carbocycles. The van der Waals surface area contributed by atoms with Crippen LogP contribution in [-0.2, 0) is 0 Å². The van der Waals surface area contributed by atoms with Crippen LogP contribution in [0.4, 0.5) is 0 Å². The van der Waals surface area contributed by atoms with Crippen molar-refractivity contribution in [2.45, 2.75) is 0 Å². The molecule has 0 fully saturated rings. The van der Waals surface area contributed by atoms with E-state index in [1.165, 1.54) is 21.3 Å². The first-order valence-electron chi connectivity index (χ1n) is 7.51. The highest BCUT2D eigenvalue weighted by Gasteiger charge is 2.20. The summed E-state index contributed by atoms with van der Waals surface area (Å²) >= 11 is 0. The van der Waals surface area contributed by atoms with Gasteiger partial charge >= 0.3 is 0 Å². The van der Waals surface area contributed by atoms with E-state index in [1.807, 2.05) is 18.2 Å². The van der Waals surface area contributed by atoms with Crippen molar-refractivity contribution in [1.82, 2.24) is 0 Å². The van der Waals surface area contributed by atoms with E-state index in [0.29, 0.717) is 28.7 Å². The number of ether oxygens (including phenoxy) is 5. The largest absolute Gasteiger partial charge is 0.504 e. The molecular formula is C19H22O6. The number of hydrogen-bond acceptors (Lipinski definition) is 6. The Bertz CT molecular complexity index is 767. The molecule has 0 amide bonds. The summed E-state index contributed by atoms with van der Waals surface area (Å²) in [4.78, 5) is 0. The van der Waals surface area contributed by atoms with Crippen LogP contribution in [0.2, 0.25) is 0 Å². The monoisotopic (exact) mass is 346 g/mol. The van der Waals surface area contributed by atoms with Gasteiger partial charge in [0, 0.05) is 5.56 Å². The zero-order valence-corrected chi connectivity index (χ0v) is 15.0. The molecule has 25 heavy (non-hydrogen) atoms. The Morgan fingerprint density at radius 3 is 1.84 bits per heavy atom. The third-order valence-electron chi connectivity index (χ3n) is 3.68. The van der Waals surface area contributed by atoms with Crippen LogP contribution in [0.15, 0.2) is 24.3 Å². The number of methoxy groups -OCH3 is 5. The van der Waals surface area contributed by atoms with E-state index >= 15 is 0 Å². The molecule has 0 atom stereocenters. The molecule has 0 radical (unpaired) electrons. The van der Waals surface area contributed by atoms with Gasteiger partial charge in [0.15, 0.2) is 23.0 Å². The van der Waals surface area contributed by atoms with Gasteiger partial charge in [-0.3, -0.25) is 0 Å². The van der Waals surface area contributed by atoms with Crippen molar-refractivity contribution in [3.05, 3.63) is 35.4 Å².